The van der Waals surface area contributed by atoms with Crippen LogP contribution < -0.4 is 10.6 Å². The van der Waals surface area contributed by atoms with Crippen molar-refractivity contribution in [3.63, 3.8) is 0 Å². The molecule has 0 unspecified atom stereocenters. The summed E-state index contributed by atoms with van der Waals surface area (Å²) < 4.78 is 20.8. The van der Waals surface area contributed by atoms with Crippen molar-refractivity contribution in [1.82, 2.24) is 20.4 Å². The number of nitrogens with zero attached hydrogens (tertiary/aromatic N) is 2. The summed E-state index contributed by atoms with van der Waals surface area (Å²) in [6.45, 7) is 25.4. The largest absolute Gasteiger partial charge is 0.466 e. The van der Waals surface area contributed by atoms with Crippen LogP contribution in [0.1, 0.15) is 158 Å². The molecule has 14 nitrogen and oxygen atoms in total. The molecule has 334 valence electrons. The van der Waals surface area contributed by atoms with Gasteiger partial charge in [-0.25, -0.2) is 19.2 Å². The lowest BCUT2D eigenvalue weighted by Crippen LogP contribution is -2.51. The summed E-state index contributed by atoms with van der Waals surface area (Å²) in [5.74, 6) is -0.966. The molecule has 0 aliphatic heterocycles. The van der Waals surface area contributed by atoms with Crippen LogP contribution in [0.15, 0.2) is 24.3 Å². The van der Waals surface area contributed by atoms with Crippen LogP contribution in [-0.2, 0) is 38.1 Å². The van der Waals surface area contributed by atoms with Crippen LogP contribution in [0, 0.1) is 0 Å². The highest BCUT2D eigenvalue weighted by atomic mass is 16.6. The SMILES string of the molecule is C=C(C)C(=O)OCCCN(C(=O)CCCCCCCNC(=O)OCCCCOC(=O)CCCCCCCNC(=O)N(CCCOC(=O)C(=C)C)C(C)(C)C)C(C)(C)C. The number of hydrogen-bond acceptors (Lipinski definition) is 10. The van der Waals surface area contributed by atoms with Crippen molar-refractivity contribution in [3.8, 4) is 0 Å². The van der Waals surface area contributed by atoms with Crippen molar-refractivity contribution in [2.45, 2.75) is 169 Å². The smallest absolute Gasteiger partial charge is 0.407 e. The predicted molar refractivity (Wildman–Crippen MR) is 227 cm³/mol. The minimum Gasteiger partial charge on any atom is -0.466 e. The number of alkyl carbamates (subject to hydrolysis) is 1. The second kappa shape index (κ2) is 30.9. The van der Waals surface area contributed by atoms with E-state index in [2.05, 4.69) is 23.8 Å². The van der Waals surface area contributed by atoms with Gasteiger partial charge < -0.3 is 39.4 Å². The van der Waals surface area contributed by atoms with Crippen LogP contribution in [0.3, 0.4) is 0 Å². The van der Waals surface area contributed by atoms with Crippen LogP contribution in [0.2, 0.25) is 0 Å². The van der Waals surface area contributed by atoms with Crippen molar-refractivity contribution in [1.29, 1.82) is 0 Å². The topological polar surface area (TPSA) is 170 Å². The van der Waals surface area contributed by atoms with Gasteiger partial charge in [0, 0.05) is 61.2 Å². The molecule has 0 rings (SSSR count). The van der Waals surface area contributed by atoms with Crippen molar-refractivity contribution < 1.29 is 47.7 Å². The molecule has 0 atom stereocenters. The van der Waals surface area contributed by atoms with Gasteiger partial charge in [0.15, 0.2) is 0 Å². The Kier molecular flexibility index (Phi) is 28.7. The molecule has 0 heterocycles. The maximum Gasteiger partial charge on any atom is 0.407 e. The molecule has 14 heteroatoms. The van der Waals surface area contributed by atoms with Crippen LogP contribution in [-0.4, -0.2) is 109 Å². The first kappa shape index (κ1) is 53.9. The number of nitrogens with one attached hydrogen (secondary N) is 2. The van der Waals surface area contributed by atoms with Crippen molar-refractivity contribution in [2.24, 2.45) is 0 Å². The summed E-state index contributed by atoms with van der Waals surface area (Å²) in [4.78, 5) is 76.4. The van der Waals surface area contributed by atoms with E-state index in [4.69, 9.17) is 18.9 Å². The average molecular weight is 823 g/mol. The van der Waals surface area contributed by atoms with Crippen molar-refractivity contribution >= 4 is 35.9 Å². The molecule has 0 bridgehead atoms. The second-order valence-electron chi connectivity index (χ2n) is 16.8. The van der Waals surface area contributed by atoms with Crippen molar-refractivity contribution in [2.75, 3.05) is 52.6 Å². The molecule has 0 aliphatic carbocycles. The molecule has 58 heavy (non-hydrogen) atoms. The third-order valence-corrected chi connectivity index (χ3v) is 9.09. The summed E-state index contributed by atoms with van der Waals surface area (Å²) >= 11 is 0. The molecule has 0 aromatic rings. The number of esters is 3. The van der Waals surface area contributed by atoms with E-state index in [9.17, 15) is 28.8 Å². The summed E-state index contributed by atoms with van der Waals surface area (Å²) in [5.41, 5.74) is 0.0207. The van der Waals surface area contributed by atoms with Gasteiger partial charge in [0.2, 0.25) is 5.91 Å². The molecule has 0 saturated carbocycles. The van der Waals surface area contributed by atoms with Crippen molar-refractivity contribution in [3.05, 3.63) is 24.3 Å². The van der Waals surface area contributed by atoms with Gasteiger partial charge in [0.25, 0.3) is 0 Å². The fourth-order valence-electron chi connectivity index (χ4n) is 5.75. The number of hydrogen-bond donors (Lipinski definition) is 2. The Morgan fingerprint density at radius 3 is 1.40 bits per heavy atom. The zero-order valence-electron chi connectivity index (χ0n) is 37.4. The Labute approximate surface area is 349 Å². The fourth-order valence-corrected chi connectivity index (χ4v) is 5.75. The first-order chi connectivity index (χ1) is 27.3. The van der Waals surface area contributed by atoms with Gasteiger partial charge in [-0.05, 0) is 107 Å². The number of ether oxygens (including phenoxy) is 4. The van der Waals surface area contributed by atoms with E-state index in [-0.39, 0.29) is 48.8 Å². The normalized spacial score (nSPS) is 11.2. The lowest BCUT2D eigenvalue weighted by atomic mass is 10.0. The maximum atomic E-state index is 12.9. The van der Waals surface area contributed by atoms with Gasteiger partial charge in [0.05, 0.1) is 26.4 Å². The molecule has 0 fully saturated rings. The van der Waals surface area contributed by atoms with Gasteiger partial charge in [-0.1, -0.05) is 51.7 Å². The summed E-state index contributed by atoms with van der Waals surface area (Å²) in [6, 6.07) is -0.141. The highest BCUT2D eigenvalue weighted by Gasteiger charge is 2.27. The van der Waals surface area contributed by atoms with E-state index >= 15 is 0 Å². The first-order valence-corrected chi connectivity index (χ1v) is 21.3. The Hall–Kier alpha value is -4.10. The molecule has 0 spiro atoms. The molecule has 0 radical (unpaired) electrons. The Balaban J connectivity index is 3.84. The van der Waals surface area contributed by atoms with Crippen LogP contribution in [0.5, 0.6) is 0 Å². The number of rotatable bonds is 31. The van der Waals surface area contributed by atoms with Gasteiger partial charge in [-0.15, -0.1) is 0 Å². The number of carbonyl (C=O) groups excluding carboxylic acids is 6. The Morgan fingerprint density at radius 1 is 0.483 bits per heavy atom. The van der Waals surface area contributed by atoms with E-state index in [1.54, 1.807) is 18.7 Å². The van der Waals surface area contributed by atoms with Gasteiger partial charge in [-0.3, -0.25) is 9.59 Å². The van der Waals surface area contributed by atoms with E-state index < -0.39 is 18.0 Å². The monoisotopic (exact) mass is 823 g/mol. The third-order valence-electron chi connectivity index (χ3n) is 9.09. The lowest BCUT2D eigenvalue weighted by Gasteiger charge is -2.36. The van der Waals surface area contributed by atoms with Crippen LogP contribution >= 0.6 is 0 Å². The highest BCUT2D eigenvalue weighted by Crippen LogP contribution is 2.18. The van der Waals surface area contributed by atoms with E-state index in [0.717, 1.165) is 64.2 Å². The Morgan fingerprint density at radius 2 is 0.897 bits per heavy atom. The third kappa shape index (κ3) is 28.3. The molecule has 0 aromatic carbocycles. The lowest BCUT2D eigenvalue weighted by molar-refractivity contribution is -0.144. The molecule has 0 aromatic heterocycles. The molecule has 2 N–H and O–H groups in total. The zero-order chi connectivity index (χ0) is 44.0. The summed E-state index contributed by atoms with van der Waals surface area (Å²) in [7, 11) is 0. The Bertz CT molecular complexity index is 1180. The summed E-state index contributed by atoms with van der Waals surface area (Å²) in [6.07, 6.45) is 11.6. The molecule has 0 saturated heterocycles. The second-order valence-corrected chi connectivity index (χ2v) is 16.8. The number of carbonyl (C=O) groups is 6. The minimum atomic E-state index is -0.454. The molecular formula is C44H78N4O10. The highest BCUT2D eigenvalue weighted by molar-refractivity contribution is 5.87. The van der Waals surface area contributed by atoms with E-state index in [1.807, 2.05) is 46.4 Å². The van der Waals surface area contributed by atoms with Crippen LogP contribution in [0.25, 0.3) is 0 Å². The van der Waals surface area contributed by atoms with Gasteiger partial charge in [-0.2, -0.15) is 0 Å². The molecular weight excluding hydrogens is 745 g/mol. The maximum absolute atomic E-state index is 12.9. The number of urea groups is 1. The quantitative estimate of drug-likeness (QED) is 0.0301. The summed E-state index contributed by atoms with van der Waals surface area (Å²) in [5, 5.41) is 5.75. The number of unbranched alkanes of at least 4 members (excludes halogenated alkanes) is 9. The first-order valence-electron chi connectivity index (χ1n) is 21.3. The van der Waals surface area contributed by atoms with E-state index in [0.29, 0.717) is 82.5 Å². The van der Waals surface area contributed by atoms with Crippen LogP contribution in [0.4, 0.5) is 9.59 Å². The minimum absolute atomic E-state index is 0.0984. The van der Waals surface area contributed by atoms with Gasteiger partial charge in [0.1, 0.15) is 0 Å². The standard InChI is InChI=1S/C44H78N4O10/c1-35(2)39(51)56-33-23-29-47(43(5,6)7)37(49)25-17-13-11-16-20-28-46-42(54)58-32-22-21-31-55-38(50)26-18-14-12-15-19-27-45-41(53)48(44(8,9)10)30-24-34-57-40(52)36(3)4/h1,3,11-34H2,2,4-10H3,(H,45,53)(H,46,54). The predicted octanol–water partition coefficient (Wildman–Crippen LogP) is 8.17. The molecule has 0 aliphatic rings. The zero-order valence-corrected chi connectivity index (χ0v) is 37.4. The number of amides is 4. The average Bonchev–Trinajstić information content (AvgIpc) is 3.13. The molecule has 4 amide bonds. The van der Waals surface area contributed by atoms with E-state index in [1.165, 1.54) is 0 Å². The fraction of sp³-hybridized carbons (Fsp3) is 0.773. The van der Waals surface area contributed by atoms with Gasteiger partial charge >= 0.3 is 30.0 Å².